The van der Waals surface area contributed by atoms with Crippen molar-refractivity contribution in [3.63, 3.8) is 0 Å². The zero-order chi connectivity index (χ0) is 17.8. The summed E-state index contributed by atoms with van der Waals surface area (Å²) in [6, 6.07) is 11.0. The van der Waals surface area contributed by atoms with E-state index in [2.05, 4.69) is 15.2 Å². The summed E-state index contributed by atoms with van der Waals surface area (Å²) >= 11 is 0. The molecule has 0 amide bonds. The van der Waals surface area contributed by atoms with Crippen molar-refractivity contribution in [1.82, 2.24) is 15.2 Å². The number of aromatic nitrogens is 3. The van der Waals surface area contributed by atoms with Gasteiger partial charge in [0, 0.05) is 5.56 Å². The number of aromatic amines is 1. The van der Waals surface area contributed by atoms with E-state index in [0.29, 0.717) is 35.3 Å². The molecule has 25 heavy (non-hydrogen) atoms. The second kappa shape index (κ2) is 7.31. The molecule has 130 valence electrons. The molecular formula is C18H19FN4O2. The van der Waals surface area contributed by atoms with Gasteiger partial charge in [-0.1, -0.05) is 18.2 Å². The molecule has 0 saturated heterocycles. The first-order chi connectivity index (χ1) is 12.1. The topological polar surface area (TPSA) is 86.0 Å². The molecule has 3 aromatic rings. The Balaban J connectivity index is 1.89. The van der Waals surface area contributed by atoms with Crippen molar-refractivity contribution >= 4 is 0 Å². The number of nitrogens with zero attached hydrogens (tertiary/aromatic N) is 2. The summed E-state index contributed by atoms with van der Waals surface area (Å²) in [5.74, 6) is 1.78. The van der Waals surface area contributed by atoms with Crippen molar-refractivity contribution in [2.75, 3.05) is 13.7 Å². The van der Waals surface area contributed by atoms with Gasteiger partial charge < -0.3 is 15.2 Å². The maximum absolute atomic E-state index is 13.4. The van der Waals surface area contributed by atoms with E-state index in [1.165, 1.54) is 12.1 Å². The standard InChI is InChI=1S/C18H19FN4O2/c1-3-25-15-10-11(7-8-14(15)24-2)16(20)18-21-17(22-23-18)12-5-4-6-13(19)9-12/h4-10,16H,3,20H2,1-2H3,(H,21,22,23)/t16-/m1/s1. The van der Waals surface area contributed by atoms with E-state index in [1.807, 2.05) is 19.1 Å². The number of rotatable bonds is 6. The molecule has 0 radical (unpaired) electrons. The van der Waals surface area contributed by atoms with Crippen LogP contribution in [0.2, 0.25) is 0 Å². The monoisotopic (exact) mass is 342 g/mol. The largest absolute Gasteiger partial charge is 0.493 e. The van der Waals surface area contributed by atoms with Crippen LogP contribution in [0.15, 0.2) is 42.5 Å². The summed E-state index contributed by atoms with van der Waals surface area (Å²) in [7, 11) is 1.58. The maximum Gasteiger partial charge on any atom is 0.181 e. The SMILES string of the molecule is CCOc1cc([C@@H](N)c2nc(-c3cccc(F)c3)n[nH]2)ccc1OC. The molecule has 1 heterocycles. The Morgan fingerprint density at radius 3 is 2.76 bits per heavy atom. The average Bonchev–Trinajstić information content (AvgIpc) is 3.11. The first-order valence-corrected chi connectivity index (χ1v) is 7.87. The third-order valence-electron chi connectivity index (χ3n) is 3.73. The highest BCUT2D eigenvalue weighted by molar-refractivity contribution is 5.54. The van der Waals surface area contributed by atoms with Gasteiger partial charge >= 0.3 is 0 Å². The fraction of sp³-hybridized carbons (Fsp3) is 0.222. The second-order valence-corrected chi connectivity index (χ2v) is 5.38. The van der Waals surface area contributed by atoms with Gasteiger partial charge in [-0.25, -0.2) is 9.37 Å². The molecule has 0 aliphatic carbocycles. The number of methoxy groups -OCH3 is 1. The molecule has 0 saturated carbocycles. The third kappa shape index (κ3) is 3.61. The Morgan fingerprint density at radius 2 is 2.04 bits per heavy atom. The molecule has 0 spiro atoms. The Bertz CT molecular complexity index is 866. The summed E-state index contributed by atoms with van der Waals surface area (Å²) in [5, 5.41) is 6.95. The Labute approximate surface area is 144 Å². The smallest absolute Gasteiger partial charge is 0.181 e. The first kappa shape index (κ1) is 16.9. The zero-order valence-corrected chi connectivity index (χ0v) is 14.0. The minimum Gasteiger partial charge on any atom is -0.493 e. The maximum atomic E-state index is 13.4. The number of nitrogens with one attached hydrogen (secondary N) is 1. The zero-order valence-electron chi connectivity index (χ0n) is 14.0. The van der Waals surface area contributed by atoms with E-state index in [-0.39, 0.29) is 5.82 Å². The van der Waals surface area contributed by atoms with Crippen molar-refractivity contribution in [2.24, 2.45) is 5.73 Å². The fourth-order valence-electron chi connectivity index (χ4n) is 2.48. The molecule has 2 aromatic carbocycles. The lowest BCUT2D eigenvalue weighted by atomic mass is 10.1. The number of nitrogens with two attached hydrogens (primary N) is 1. The molecule has 6 nitrogen and oxygen atoms in total. The van der Waals surface area contributed by atoms with E-state index < -0.39 is 6.04 Å². The van der Waals surface area contributed by atoms with Crippen LogP contribution in [0.4, 0.5) is 4.39 Å². The highest BCUT2D eigenvalue weighted by Crippen LogP contribution is 2.31. The summed E-state index contributed by atoms with van der Waals surface area (Å²) < 4.78 is 24.2. The van der Waals surface area contributed by atoms with Crippen LogP contribution < -0.4 is 15.2 Å². The number of benzene rings is 2. The normalized spacial score (nSPS) is 12.0. The third-order valence-corrected chi connectivity index (χ3v) is 3.73. The molecule has 3 N–H and O–H groups in total. The van der Waals surface area contributed by atoms with Gasteiger partial charge in [-0.2, -0.15) is 5.10 Å². The van der Waals surface area contributed by atoms with Gasteiger partial charge in [0.15, 0.2) is 17.3 Å². The van der Waals surface area contributed by atoms with Crippen molar-refractivity contribution in [2.45, 2.75) is 13.0 Å². The van der Waals surface area contributed by atoms with Crippen LogP contribution in [0, 0.1) is 5.82 Å². The molecule has 7 heteroatoms. The van der Waals surface area contributed by atoms with Crippen molar-refractivity contribution in [3.05, 3.63) is 59.7 Å². The molecule has 0 bridgehead atoms. The van der Waals surface area contributed by atoms with Crippen LogP contribution >= 0.6 is 0 Å². The Kier molecular flexibility index (Phi) is 4.95. The van der Waals surface area contributed by atoms with Crippen LogP contribution in [0.1, 0.15) is 24.4 Å². The number of halogens is 1. The van der Waals surface area contributed by atoms with E-state index >= 15 is 0 Å². The molecule has 0 unspecified atom stereocenters. The molecule has 0 fully saturated rings. The summed E-state index contributed by atoms with van der Waals surface area (Å²) in [6.45, 7) is 2.41. The van der Waals surface area contributed by atoms with Crippen LogP contribution in [0.25, 0.3) is 11.4 Å². The summed E-state index contributed by atoms with van der Waals surface area (Å²) in [4.78, 5) is 4.39. The van der Waals surface area contributed by atoms with Crippen LogP contribution in [0.5, 0.6) is 11.5 Å². The summed E-state index contributed by atoms with van der Waals surface area (Å²) in [6.07, 6.45) is 0. The van der Waals surface area contributed by atoms with Crippen molar-refractivity contribution < 1.29 is 13.9 Å². The fourth-order valence-corrected chi connectivity index (χ4v) is 2.48. The number of hydrogen-bond acceptors (Lipinski definition) is 5. The number of ether oxygens (including phenoxy) is 2. The Morgan fingerprint density at radius 1 is 1.20 bits per heavy atom. The van der Waals surface area contributed by atoms with Gasteiger partial charge in [0.05, 0.1) is 19.8 Å². The average molecular weight is 342 g/mol. The van der Waals surface area contributed by atoms with Gasteiger partial charge in [-0.3, -0.25) is 5.10 Å². The van der Waals surface area contributed by atoms with Gasteiger partial charge in [-0.05, 0) is 36.8 Å². The van der Waals surface area contributed by atoms with Gasteiger partial charge in [0.1, 0.15) is 11.6 Å². The highest BCUT2D eigenvalue weighted by atomic mass is 19.1. The van der Waals surface area contributed by atoms with E-state index in [1.54, 1.807) is 25.3 Å². The van der Waals surface area contributed by atoms with Crippen LogP contribution in [0.3, 0.4) is 0 Å². The van der Waals surface area contributed by atoms with Gasteiger partial charge in [-0.15, -0.1) is 0 Å². The van der Waals surface area contributed by atoms with Gasteiger partial charge in [0.2, 0.25) is 0 Å². The molecule has 0 aliphatic heterocycles. The minimum atomic E-state index is -0.528. The predicted molar refractivity (Wildman–Crippen MR) is 92.0 cm³/mol. The van der Waals surface area contributed by atoms with E-state index in [4.69, 9.17) is 15.2 Å². The summed E-state index contributed by atoms with van der Waals surface area (Å²) in [5.41, 5.74) is 7.67. The van der Waals surface area contributed by atoms with Gasteiger partial charge in [0.25, 0.3) is 0 Å². The van der Waals surface area contributed by atoms with Crippen LogP contribution in [-0.2, 0) is 0 Å². The van der Waals surface area contributed by atoms with Crippen LogP contribution in [-0.4, -0.2) is 28.9 Å². The van der Waals surface area contributed by atoms with E-state index in [0.717, 1.165) is 5.56 Å². The lowest BCUT2D eigenvalue weighted by Gasteiger charge is -2.14. The second-order valence-electron chi connectivity index (χ2n) is 5.38. The molecule has 1 aromatic heterocycles. The minimum absolute atomic E-state index is 0.343. The predicted octanol–water partition coefficient (Wildman–Crippen LogP) is 3.07. The quantitative estimate of drug-likeness (QED) is 0.719. The Hall–Kier alpha value is -2.93. The lowest BCUT2D eigenvalue weighted by molar-refractivity contribution is 0.310. The molecule has 3 rings (SSSR count). The van der Waals surface area contributed by atoms with Crippen molar-refractivity contribution in [1.29, 1.82) is 0 Å². The van der Waals surface area contributed by atoms with E-state index in [9.17, 15) is 4.39 Å². The highest BCUT2D eigenvalue weighted by Gasteiger charge is 2.17. The molecule has 1 atom stereocenters. The number of hydrogen-bond donors (Lipinski definition) is 2. The lowest BCUT2D eigenvalue weighted by Crippen LogP contribution is -2.14. The van der Waals surface area contributed by atoms with Crippen molar-refractivity contribution in [3.8, 4) is 22.9 Å². The molecule has 0 aliphatic rings. The number of H-pyrrole nitrogens is 1. The first-order valence-electron chi connectivity index (χ1n) is 7.87. The molecular weight excluding hydrogens is 323 g/mol.